The highest BCUT2D eigenvalue weighted by Crippen LogP contribution is 2.32. The molecule has 6 heteroatoms. The second-order valence-corrected chi connectivity index (χ2v) is 6.42. The first-order valence-corrected chi connectivity index (χ1v) is 9.13. The fraction of sp³-hybridized carbons (Fsp3) is 0.333. The number of primary amides is 1. The fourth-order valence-electron chi connectivity index (χ4n) is 3.31. The highest BCUT2D eigenvalue weighted by Gasteiger charge is 2.30. The summed E-state index contributed by atoms with van der Waals surface area (Å²) in [5.74, 6) is 0.822. The molecule has 1 aliphatic heterocycles. The summed E-state index contributed by atoms with van der Waals surface area (Å²) in [4.78, 5) is 25.6. The molecular weight excluding hydrogens is 344 g/mol. The van der Waals surface area contributed by atoms with Crippen molar-refractivity contribution < 1.29 is 19.1 Å². The minimum absolute atomic E-state index is 0.0382. The predicted molar refractivity (Wildman–Crippen MR) is 102 cm³/mol. The topological polar surface area (TPSA) is 81.9 Å². The van der Waals surface area contributed by atoms with Gasteiger partial charge in [0.15, 0.2) is 6.61 Å². The van der Waals surface area contributed by atoms with Gasteiger partial charge in [-0.25, -0.2) is 0 Å². The summed E-state index contributed by atoms with van der Waals surface area (Å²) in [6, 6.07) is 14.4. The number of amides is 2. The smallest absolute Gasteiger partial charge is 0.261 e. The molecule has 2 aromatic rings. The van der Waals surface area contributed by atoms with Crippen molar-refractivity contribution in [2.75, 3.05) is 19.8 Å². The third-order valence-electron chi connectivity index (χ3n) is 4.65. The van der Waals surface area contributed by atoms with Crippen molar-refractivity contribution in [3.05, 3.63) is 59.7 Å². The van der Waals surface area contributed by atoms with Crippen molar-refractivity contribution in [1.29, 1.82) is 0 Å². The van der Waals surface area contributed by atoms with Crippen molar-refractivity contribution in [3.63, 3.8) is 0 Å². The van der Waals surface area contributed by atoms with Crippen LogP contribution in [0.4, 0.5) is 0 Å². The Morgan fingerprint density at radius 3 is 2.30 bits per heavy atom. The van der Waals surface area contributed by atoms with E-state index in [0.717, 1.165) is 30.7 Å². The molecule has 0 radical (unpaired) electrons. The Morgan fingerprint density at radius 2 is 1.67 bits per heavy atom. The van der Waals surface area contributed by atoms with E-state index in [1.54, 1.807) is 24.3 Å². The van der Waals surface area contributed by atoms with Gasteiger partial charge in [-0.3, -0.25) is 9.59 Å². The number of carbonyl (C=O) groups is 2. The first kappa shape index (κ1) is 18.8. The standard InChI is InChI=1S/C21H24N2O4/c1-2-26-17-9-5-15(6-10-17)19-4-3-13-23(19)20(24)14-27-18-11-7-16(8-12-18)21(22)25/h5-12,19H,2-4,13-14H2,1H3,(H2,22,25). The van der Waals surface area contributed by atoms with Crippen LogP contribution in [0.3, 0.4) is 0 Å². The van der Waals surface area contributed by atoms with Crippen molar-refractivity contribution in [2.45, 2.75) is 25.8 Å². The van der Waals surface area contributed by atoms with Gasteiger partial charge in [-0.1, -0.05) is 12.1 Å². The lowest BCUT2D eigenvalue weighted by Crippen LogP contribution is -2.34. The number of ether oxygens (including phenoxy) is 2. The summed E-state index contributed by atoms with van der Waals surface area (Å²) in [6.45, 7) is 3.27. The molecule has 1 unspecified atom stereocenters. The molecule has 0 spiro atoms. The van der Waals surface area contributed by atoms with Crippen LogP contribution in [0, 0.1) is 0 Å². The van der Waals surface area contributed by atoms with Crippen LogP contribution in [-0.4, -0.2) is 36.5 Å². The molecule has 27 heavy (non-hydrogen) atoms. The second kappa shape index (κ2) is 8.58. The van der Waals surface area contributed by atoms with Crippen LogP contribution in [0.15, 0.2) is 48.5 Å². The Kier molecular flexibility index (Phi) is 5.96. The normalized spacial score (nSPS) is 16.2. The highest BCUT2D eigenvalue weighted by molar-refractivity contribution is 5.92. The SMILES string of the molecule is CCOc1ccc(C2CCCN2C(=O)COc2ccc(C(N)=O)cc2)cc1. The zero-order valence-electron chi connectivity index (χ0n) is 15.4. The Bertz CT molecular complexity index is 787. The molecule has 1 aliphatic rings. The van der Waals surface area contributed by atoms with Gasteiger partial charge in [-0.2, -0.15) is 0 Å². The molecule has 1 atom stereocenters. The number of nitrogens with zero attached hydrogens (tertiary/aromatic N) is 1. The van der Waals surface area contributed by atoms with Crippen molar-refractivity contribution in [2.24, 2.45) is 5.73 Å². The van der Waals surface area contributed by atoms with Crippen LogP contribution in [0.25, 0.3) is 0 Å². The Balaban J connectivity index is 1.60. The number of hydrogen-bond donors (Lipinski definition) is 1. The summed E-state index contributed by atoms with van der Waals surface area (Å²) in [6.07, 6.45) is 1.91. The molecule has 0 aliphatic carbocycles. The van der Waals surface area contributed by atoms with Gasteiger partial charge in [-0.05, 0) is 61.7 Å². The lowest BCUT2D eigenvalue weighted by Gasteiger charge is -2.25. The van der Waals surface area contributed by atoms with Gasteiger partial charge in [0.25, 0.3) is 5.91 Å². The van der Waals surface area contributed by atoms with E-state index >= 15 is 0 Å². The number of nitrogens with two attached hydrogens (primary N) is 1. The largest absolute Gasteiger partial charge is 0.494 e. The Hall–Kier alpha value is -3.02. The number of benzene rings is 2. The molecule has 2 amide bonds. The van der Waals surface area contributed by atoms with Crippen LogP contribution in [-0.2, 0) is 4.79 Å². The van der Waals surface area contributed by atoms with Crippen LogP contribution in [0.1, 0.15) is 41.7 Å². The Morgan fingerprint density at radius 1 is 1.04 bits per heavy atom. The first-order chi connectivity index (χ1) is 13.1. The van der Waals surface area contributed by atoms with Gasteiger partial charge >= 0.3 is 0 Å². The van der Waals surface area contributed by atoms with Gasteiger partial charge in [0.1, 0.15) is 11.5 Å². The average molecular weight is 368 g/mol. The third kappa shape index (κ3) is 4.58. The molecule has 0 aromatic heterocycles. The van der Waals surface area contributed by atoms with Crippen LogP contribution < -0.4 is 15.2 Å². The van der Waals surface area contributed by atoms with E-state index < -0.39 is 5.91 Å². The molecule has 1 heterocycles. The zero-order chi connectivity index (χ0) is 19.2. The highest BCUT2D eigenvalue weighted by atomic mass is 16.5. The molecule has 0 saturated carbocycles. The van der Waals surface area contributed by atoms with Crippen LogP contribution in [0.5, 0.6) is 11.5 Å². The lowest BCUT2D eigenvalue weighted by molar-refractivity contribution is -0.134. The summed E-state index contributed by atoms with van der Waals surface area (Å²) < 4.78 is 11.1. The number of likely N-dealkylation sites (tertiary alicyclic amines) is 1. The minimum Gasteiger partial charge on any atom is -0.494 e. The maximum absolute atomic E-state index is 12.6. The molecular formula is C21H24N2O4. The lowest BCUT2D eigenvalue weighted by atomic mass is 10.0. The first-order valence-electron chi connectivity index (χ1n) is 9.13. The van der Waals surface area contributed by atoms with Gasteiger partial charge in [0, 0.05) is 12.1 Å². The molecule has 6 nitrogen and oxygen atoms in total. The summed E-state index contributed by atoms with van der Waals surface area (Å²) in [7, 11) is 0. The molecule has 3 rings (SSSR count). The van der Waals surface area contributed by atoms with Gasteiger partial charge in [-0.15, -0.1) is 0 Å². The second-order valence-electron chi connectivity index (χ2n) is 6.42. The van der Waals surface area contributed by atoms with E-state index in [-0.39, 0.29) is 18.6 Å². The molecule has 0 bridgehead atoms. The van der Waals surface area contributed by atoms with Gasteiger partial charge < -0.3 is 20.1 Å². The van der Waals surface area contributed by atoms with E-state index in [2.05, 4.69) is 0 Å². The van der Waals surface area contributed by atoms with E-state index in [9.17, 15) is 9.59 Å². The average Bonchev–Trinajstić information content (AvgIpc) is 3.17. The monoisotopic (exact) mass is 368 g/mol. The van der Waals surface area contributed by atoms with E-state index in [1.165, 1.54) is 0 Å². The molecule has 2 aromatic carbocycles. The molecule has 2 N–H and O–H groups in total. The van der Waals surface area contributed by atoms with Crippen molar-refractivity contribution in [3.8, 4) is 11.5 Å². The number of rotatable bonds is 7. The predicted octanol–water partition coefficient (Wildman–Crippen LogP) is 2.93. The maximum Gasteiger partial charge on any atom is 0.261 e. The van der Waals surface area contributed by atoms with Gasteiger partial charge in [0.05, 0.1) is 12.6 Å². The fourth-order valence-corrected chi connectivity index (χ4v) is 3.31. The van der Waals surface area contributed by atoms with Gasteiger partial charge in [0.2, 0.25) is 5.91 Å². The molecule has 142 valence electrons. The minimum atomic E-state index is -0.493. The van der Waals surface area contributed by atoms with E-state index in [0.29, 0.717) is 17.9 Å². The van der Waals surface area contributed by atoms with Crippen LogP contribution >= 0.6 is 0 Å². The third-order valence-corrected chi connectivity index (χ3v) is 4.65. The zero-order valence-corrected chi connectivity index (χ0v) is 15.4. The molecule has 1 saturated heterocycles. The van der Waals surface area contributed by atoms with Crippen molar-refractivity contribution >= 4 is 11.8 Å². The summed E-state index contributed by atoms with van der Waals surface area (Å²) >= 11 is 0. The van der Waals surface area contributed by atoms with Crippen LogP contribution in [0.2, 0.25) is 0 Å². The quantitative estimate of drug-likeness (QED) is 0.815. The van der Waals surface area contributed by atoms with Crippen molar-refractivity contribution in [1.82, 2.24) is 4.90 Å². The molecule has 1 fully saturated rings. The summed E-state index contributed by atoms with van der Waals surface area (Å²) in [5.41, 5.74) is 6.73. The van der Waals surface area contributed by atoms with E-state index in [4.69, 9.17) is 15.2 Å². The number of carbonyl (C=O) groups excluding carboxylic acids is 2. The maximum atomic E-state index is 12.6. The number of hydrogen-bond acceptors (Lipinski definition) is 4. The Labute approximate surface area is 158 Å². The summed E-state index contributed by atoms with van der Waals surface area (Å²) in [5, 5.41) is 0. The van der Waals surface area contributed by atoms with E-state index in [1.807, 2.05) is 36.1 Å².